The lowest BCUT2D eigenvalue weighted by Gasteiger charge is -2.18. The van der Waals surface area contributed by atoms with Crippen molar-refractivity contribution in [3.05, 3.63) is 59.9 Å². The Morgan fingerprint density at radius 1 is 1.06 bits per heavy atom. The fourth-order valence-electron chi connectivity index (χ4n) is 3.45. The minimum atomic E-state index is -3.49. The molecule has 0 spiro atoms. The van der Waals surface area contributed by atoms with Crippen molar-refractivity contribution in [1.82, 2.24) is 19.5 Å². The summed E-state index contributed by atoms with van der Waals surface area (Å²) in [7, 11) is -3.49. The summed E-state index contributed by atoms with van der Waals surface area (Å²) in [5.74, 6) is 1.42. The fraction of sp³-hybridized carbons (Fsp3) is 0.375. The standard InChI is InChI=1S/C24H31N5O3S/c1-5-29(6-2)33(31,32)19-14-11-18(12-15-19)13-16-22(30)25-21-10-8-7-9-20(21)24-26-23(17(3)4)27-28-24/h7-12,14-15,17H,5-6,13,16H2,1-4H3,(H,25,30)(H,26,27,28). The molecule has 2 aromatic carbocycles. The minimum Gasteiger partial charge on any atom is -0.325 e. The third-order valence-corrected chi connectivity index (χ3v) is 7.46. The number of carbonyl (C=O) groups is 1. The first-order valence-electron chi connectivity index (χ1n) is 11.2. The Morgan fingerprint density at radius 3 is 2.33 bits per heavy atom. The predicted molar refractivity (Wildman–Crippen MR) is 129 cm³/mol. The van der Waals surface area contributed by atoms with Crippen molar-refractivity contribution in [2.24, 2.45) is 0 Å². The van der Waals surface area contributed by atoms with Gasteiger partial charge in [-0.15, -0.1) is 0 Å². The molecular formula is C24H31N5O3S. The van der Waals surface area contributed by atoms with E-state index < -0.39 is 10.0 Å². The molecule has 0 aliphatic carbocycles. The van der Waals surface area contributed by atoms with Gasteiger partial charge in [-0.05, 0) is 36.2 Å². The van der Waals surface area contributed by atoms with Gasteiger partial charge in [0, 0.05) is 31.0 Å². The number of nitrogens with one attached hydrogen (secondary N) is 2. The third-order valence-electron chi connectivity index (χ3n) is 5.40. The molecule has 2 N–H and O–H groups in total. The highest BCUT2D eigenvalue weighted by Gasteiger charge is 2.21. The first kappa shape index (κ1) is 24.6. The Morgan fingerprint density at radius 2 is 1.73 bits per heavy atom. The zero-order valence-electron chi connectivity index (χ0n) is 19.5. The van der Waals surface area contributed by atoms with Crippen LogP contribution in [0.2, 0.25) is 0 Å². The van der Waals surface area contributed by atoms with Crippen LogP contribution in [0.5, 0.6) is 0 Å². The normalized spacial score (nSPS) is 11.8. The van der Waals surface area contributed by atoms with Gasteiger partial charge in [0.05, 0.1) is 10.6 Å². The average molecular weight is 470 g/mol. The predicted octanol–water partition coefficient (Wildman–Crippen LogP) is 4.20. The number of aryl methyl sites for hydroxylation is 1. The van der Waals surface area contributed by atoms with Gasteiger partial charge in [0.1, 0.15) is 5.82 Å². The maximum absolute atomic E-state index is 12.6. The number of hydrogen-bond donors (Lipinski definition) is 2. The summed E-state index contributed by atoms with van der Waals surface area (Å²) in [5, 5.41) is 10.2. The highest BCUT2D eigenvalue weighted by atomic mass is 32.2. The molecule has 0 radical (unpaired) electrons. The smallest absolute Gasteiger partial charge is 0.243 e. The fourth-order valence-corrected chi connectivity index (χ4v) is 4.91. The second kappa shape index (κ2) is 10.7. The zero-order chi connectivity index (χ0) is 24.0. The molecule has 0 bridgehead atoms. The molecule has 0 saturated carbocycles. The van der Waals surface area contributed by atoms with E-state index in [1.807, 2.05) is 52.0 Å². The first-order valence-corrected chi connectivity index (χ1v) is 12.6. The van der Waals surface area contributed by atoms with Crippen molar-refractivity contribution in [1.29, 1.82) is 0 Å². The van der Waals surface area contributed by atoms with Gasteiger partial charge in [0.15, 0.2) is 5.82 Å². The van der Waals surface area contributed by atoms with Gasteiger partial charge < -0.3 is 5.32 Å². The molecule has 0 aliphatic heterocycles. The number of amides is 1. The molecule has 3 aromatic rings. The van der Waals surface area contributed by atoms with Crippen molar-refractivity contribution < 1.29 is 13.2 Å². The van der Waals surface area contributed by atoms with E-state index in [-0.39, 0.29) is 23.1 Å². The molecule has 176 valence electrons. The van der Waals surface area contributed by atoms with Gasteiger partial charge in [-0.1, -0.05) is 52.0 Å². The average Bonchev–Trinajstić information content (AvgIpc) is 3.29. The zero-order valence-corrected chi connectivity index (χ0v) is 20.3. The molecule has 0 fully saturated rings. The van der Waals surface area contributed by atoms with Gasteiger partial charge >= 0.3 is 0 Å². The second-order valence-corrected chi connectivity index (χ2v) is 9.96. The summed E-state index contributed by atoms with van der Waals surface area (Å²) in [5.41, 5.74) is 2.30. The Bertz CT molecular complexity index is 1180. The van der Waals surface area contributed by atoms with Crippen LogP contribution in [-0.2, 0) is 21.2 Å². The molecule has 0 saturated heterocycles. The number of aromatic nitrogens is 3. The molecule has 3 rings (SSSR count). The Labute approximate surface area is 195 Å². The highest BCUT2D eigenvalue weighted by molar-refractivity contribution is 7.89. The Balaban J connectivity index is 1.65. The lowest BCUT2D eigenvalue weighted by molar-refractivity contribution is -0.116. The molecule has 0 unspecified atom stereocenters. The number of sulfonamides is 1. The quantitative estimate of drug-likeness (QED) is 0.463. The van der Waals surface area contributed by atoms with Crippen LogP contribution in [0.3, 0.4) is 0 Å². The van der Waals surface area contributed by atoms with Crippen LogP contribution in [-0.4, -0.2) is 46.9 Å². The molecule has 0 aliphatic rings. The molecule has 1 heterocycles. The van der Waals surface area contributed by atoms with Gasteiger partial charge in [0.2, 0.25) is 15.9 Å². The summed E-state index contributed by atoms with van der Waals surface area (Å²) in [4.78, 5) is 17.4. The van der Waals surface area contributed by atoms with Gasteiger partial charge in [-0.2, -0.15) is 9.40 Å². The van der Waals surface area contributed by atoms with E-state index in [0.717, 1.165) is 17.0 Å². The number of aromatic amines is 1. The molecule has 0 atom stereocenters. The van der Waals surface area contributed by atoms with E-state index in [0.29, 0.717) is 31.0 Å². The summed E-state index contributed by atoms with van der Waals surface area (Å²) in [6, 6.07) is 14.2. The van der Waals surface area contributed by atoms with E-state index in [2.05, 4.69) is 20.5 Å². The van der Waals surface area contributed by atoms with E-state index in [9.17, 15) is 13.2 Å². The maximum atomic E-state index is 12.6. The Hall–Kier alpha value is -3.04. The molecule has 9 heteroatoms. The van der Waals surface area contributed by atoms with Gasteiger partial charge in [-0.3, -0.25) is 9.89 Å². The highest BCUT2D eigenvalue weighted by Crippen LogP contribution is 2.26. The van der Waals surface area contributed by atoms with Crippen molar-refractivity contribution >= 4 is 21.6 Å². The van der Waals surface area contributed by atoms with Gasteiger partial charge in [0.25, 0.3) is 0 Å². The maximum Gasteiger partial charge on any atom is 0.243 e. The topological polar surface area (TPSA) is 108 Å². The number of rotatable bonds is 10. The summed E-state index contributed by atoms with van der Waals surface area (Å²) >= 11 is 0. The number of para-hydroxylation sites is 1. The summed E-state index contributed by atoms with van der Waals surface area (Å²) < 4.78 is 26.6. The lowest BCUT2D eigenvalue weighted by Crippen LogP contribution is -2.30. The van der Waals surface area contributed by atoms with Crippen LogP contribution in [0.4, 0.5) is 5.69 Å². The number of carbonyl (C=O) groups excluding carboxylic acids is 1. The monoisotopic (exact) mass is 469 g/mol. The Kier molecular flexibility index (Phi) is 7.99. The van der Waals surface area contributed by atoms with E-state index in [4.69, 9.17) is 0 Å². The number of H-pyrrole nitrogens is 1. The van der Waals surface area contributed by atoms with Crippen molar-refractivity contribution in [2.75, 3.05) is 18.4 Å². The van der Waals surface area contributed by atoms with E-state index in [1.165, 1.54) is 4.31 Å². The SMILES string of the molecule is CCN(CC)S(=O)(=O)c1ccc(CCC(=O)Nc2ccccc2-c2n[nH]c(C(C)C)n2)cc1. The number of benzene rings is 2. The number of anilines is 1. The second-order valence-electron chi connectivity index (χ2n) is 8.03. The van der Waals surface area contributed by atoms with Crippen molar-refractivity contribution in [3.8, 4) is 11.4 Å². The molecule has 1 aromatic heterocycles. The first-order chi connectivity index (χ1) is 15.8. The largest absolute Gasteiger partial charge is 0.325 e. The third kappa shape index (κ3) is 5.85. The summed E-state index contributed by atoms with van der Waals surface area (Å²) in [6.07, 6.45) is 0.763. The van der Waals surface area contributed by atoms with Crippen LogP contribution >= 0.6 is 0 Å². The van der Waals surface area contributed by atoms with Crippen LogP contribution in [0.15, 0.2) is 53.4 Å². The number of hydrogen-bond acceptors (Lipinski definition) is 5. The van der Waals surface area contributed by atoms with Crippen molar-refractivity contribution in [3.63, 3.8) is 0 Å². The van der Waals surface area contributed by atoms with Crippen LogP contribution in [0.25, 0.3) is 11.4 Å². The van der Waals surface area contributed by atoms with Crippen LogP contribution in [0.1, 0.15) is 51.4 Å². The minimum absolute atomic E-state index is 0.137. The molecular weight excluding hydrogens is 438 g/mol. The van der Waals surface area contributed by atoms with Gasteiger partial charge in [-0.25, -0.2) is 13.4 Å². The molecule has 8 nitrogen and oxygen atoms in total. The molecule has 1 amide bonds. The number of nitrogens with zero attached hydrogens (tertiary/aromatic N) is 3. The van der Waals surface area contributed by atoms with E-state index in [1.54, 1.807) is 24.3 Å². The summed E-state index contributed by atoms with van der Waals surface area (Å²) in [6.45, 7) is 8.55. The van der Waals surface area contributed by atoms with E-state index >= 15 is 0 Å². The molecule has 33 heavy (non-hydrogen) atoms. The van der Waals surface area contributed by atoms with Crippen LogP contribution in [0, 0.1) is 0 Å². The van der Waals surface area contributed by atoms with Crippen LogP contribution < -0.4 is 5.32 Å². The lowest BCUT2D eigenvalue weighted by atomic mass is 10.1. The van der Waals surface area contributed by atoms with Crippen molar-refractivity contribution in [2.45, 2.75) is 51.3 Å².